The lowest BCUT2D eigenvalue weighted by atomic mass is 10.1. The van der Waals surface area contributed by atoms with Crippen LogP contribution in [0.2, 0.25) is 0 Å². The van der Waals surface area contributed by atoms with Gasteiger partial charge in [0.2, 0.25) is 0 Å². The zero-order chi connectivity index (χ0) is 14.5. The van der Waals surface area contributed by atoms with Crippen LogP contribution in [0.4, 0.5) is 0 Å². The second-order valence-electron chi connectivity index (χ2n) is 5.20. The van der Waals surface area contributed by atoms with Gasteiger partial charge in [-0.1, -0.05) is 28.9 Å². The molecule has 0 aromatic heterocycles. The van der Waals surface area contributed by atoms with Crippen molar-refractivity contribution in [2.45, 2.75) is 19.9 Å². The van der Waals surface area contributed by atoms with Gasteiger partial charge in [0, 0.05) is 42.8 Å². The van der Waals surface area contributed by atoms with Crippen LogP contribution < -0.4 is 0 Å². The van der Waals surface area contributed by atoms with Gasteiger partial charge in [0.15, 0.2) is 0 Å². The fraction of sp³-hybridized carbons (Fsp3) is 0.533. The van der Waals surface area contributed by atoms with E-state index in [4.69, 9.17) is 11.6 Å². The van der Waals surface area contributed by atoms with Gasteiger partial charge >= 0.3 is 0 Å². The van der Waals surface area contributed by atoms with E-state index in [0.29, 0.717) is 5.56 Å². The van der Waals surface area contributed by atoms with Crippen LogP contribution in [0.3, 0.4) is 0 Å². The molecule has 1 heterocycles. The molecule has 1 aliphatic rings. The first-order chi connectivity index (χ1) is 9.60. The van der Waals surface area contributed by atoms with Crippen molar-refractivity contribution in [3.05, 3.63) is 33.8 Å². The molecule has 1 aromatic carbocycles. The van der Waals surface area contributed by atoms with Crippen molar-refractivity contribution < 1.29 is 4.79 Å². The predicted molar refractivity (Wildman–Crippen MR) is 86.3 cm³/mol. The third-order valence-corrected chi connectivity index (χ3v) is 4.64. The Morgan fingerprint density at radius 1 is 1.25 bits per heavy atom. The van der Waals surface area contributed by atoms with Crippen molar-refractivity contribution in [1.29, 1.82) is 0 Å². The van der Waals surface area contributed by atoms with E-state index in [2.05, 4.69) is 32.7 Å². The number of carbonyl (C=O) groups is 1. The molecule has 1 saturated heterocycles. The lowest BCUT2D eigenvalue weighted by Crippen LogP contribution is -2.46. The molecule has 0 radical (unpaired) electrons. The number of benzene rings is 1. The maximum atomic E-state index is 11.1. The lowest BCUT2D eigenvalue weighted by molar-refractivity contribution is 0.108. The molecule has 0 amide bonds. The lowest BCUT2D eigenvalue weighted by Gasteiger charge is -2.34. The molecule has 0 bridgehead atoms. The largest absolute Gasteiger partial charge is 0.301 e. The van der Waals surface area contributed by atoms with E-state index < -0.39 is 5.24 Å². The van der Waals surface area contributed by atoms with Gasteiger partial charge in [-0.3, -0.25) is 9.69 Å². The van der Waals surface area contributed by atoms with Crippen LogP contribution in [-0.4, -0.2) is 47.8 Å². The Balaban J connectivity index is 1.93. The van der Waals surface area contributed by atoms with E-state index in [1.165, 1.54) is 18.5 Å². The second-order valence-corrected chi connectivity index (χ2v) is 6.40. The fourth-order valence-corrected chi connectivity index (χ4v) is 3.15. The molecule has 110 valence electrons. The fourth-order valence-electron chi connectivity index (χ4n) is 2.53. The van der Waals surface area contributed by atoms with Crippen LogP contribution >= 0.6 is 27.5 Å². The summed E-state index contributed by atoms with van der Waals surface area (Å²) in [5, 5.41) is -0.412. The molecule has 0 spiro atoms. The van der Waals surface area contributed by atoms with Gasteiger partial charge in [0.1, 0.15) is 0 Å². The molecule has 0 N–H and O–H groups in total. The Hall–Kier alpha value is -0.420. The number of carbonyl (C=O) groups excluding carboxylic acids is 1. The van der Waals surface area contributed by atoms with Gasteiger partial charge in [-0.05, 0) is 42.3 Å². The molecule has 1 aliphatic heterocycles. The van der Waals surface area contributed by atoms with E-state index in [-0.39, 0.29) is 0 Å². The molecule has 0 aliphatic carbocycles. The minimum Gasteiger partial charge on any atom is -0.301 e. The monoisotopic (exact) mass is 358 g/mol. The van der Waals surface area contributed by atoms with E-state index in [1.54, 1.807) is 12.1 Å². The van der Waals surface area contributed by atoms with Crippen molar-refractivity contribution in [3.63, 3.8) is 0 Å². The maximum Gasteiger partial charge on any atom is 0.252 e. The van der Waals surface area contributed by atoms with Crippen LogP contribution in [0, 0.1) is 0 Å². The SMILES string of the molecule is CCCN1CCN(Cc2ccc(C(=O)Cl)cc2Br)CC1. The molecule has 0 atom stereocenters. The summed E-state index contributed by atoms with van der Waals surface area (Å²) in [7, 11) is 0. The van der Waals surface area contributed by atoms with Gasteiger partial charge in [0.25, 0.3) is 5.24 Å². The molecule has 3 nitrogen and oxygen atoms in total. The number of hydrogen-bond donors (Lipinski definition) is 0. The summed E-state index contributed by atoms with van der Waals surface area (Å²) in [6.07, 6.45) is 1.22. The summed E-state index contributed by atoms with van der Waals surface area (Å²) >= 11 is 9.02. The summed E-state index contributed by atoms with van der Waals surface area (Å²) in [6.45, 7) is 8.82. The van der Waals surface area contributed by atoms with Crippen molar-refractivity contribution in [1.82, 2.24) is 9.80 Å². The third-order valence-electron chi connectivity index (χ3n) is 3.68. The highest BCUT2D eigenvalue weighted by Crippen LogP contribution is 2.21. The highest BCUT2D eigenvalue weighted by Gasteiger charge is 2.17. The van der Waals surface area contributed by atoms with Crippen molar-refractivity contribution in [3.8, 4) is 0 Å². The molecule has 0 unspecified atom stereocenters. The Labute approximate surface area is 134 Å². The first kappa shape index (κ1) is 16.0. The van der Waals surface area contributed by atoms with Crippen LogP contribution in [0.5, 0.6) is 0 Å². The van der Waals surface area contributed by atoms with Gasteiger partial charge in [-0.2, -0.15) is 0 Å². The summed E-state index contributed by atoms with van der Waals surface area (Å²) in [5.41, 5.74) is 1.74. The number of halogens is 2. The molecular weight excluding hydrogens is 340 g/mol. The highest BCUT2D eigenvalue weighted by molar-refractivity contribution is 9.10. The average molecular weight is 360 g/mol. The Kier molecular flexibility index (Phi) is 6.02. The first-order valence-corrected chi connectivity index (χ1v) is 8.20. The second kappa shape index (κ2) is 7.55. The third kappa shape index (κ3) is 4.29. The van der Waals surface area contributed by atoms with Crippen molar-refractivity contribution in [2.75, 3.05) is 32.7 Å². The maximum absolute atomic E-state index is 11.1. The van der Waals surface area contributed by atoms with Crippen LogP contribution in [0.1, 0.15) is 29.3 Å². The normalized spacial score (nSPS) is 17.4. The first-order valence-electron chi connectivity index (χ1n) is 7.03. The van der Waals surface area contributed by atoms with Crippen LogP contribution in [0.25, 0.3) is 0 Å². The van der Waals surface area contributed by atoms with E-state index in [1.807, 2.05) is 6.07 Å². The van der Waals surface area contributed by atoms with Gasteiger partial charge in [-0.25, -0.2) is 0 Å². The number of nitrogens with zero attached hydrogens (tertiary/aromatic N) is 2. The molecule has 20 heavy (non-hydrogen) atoms. The molecule has 2 rings (SSSR count). The topological polar surface area (TPSA) is 23.6 Å². The number of piperazine rings is 1. The molecule has 1 aromatic rings. The van der Waals surface area contributed by atoms with E-state index in [0.717, 1.165) is 37.2 Å². The highest BCUT2D eigenvalue weighted by atomic mass is 79.9. The molecule has 0 saturated carbocycles. The summed E-state index contributed by atoms with van der Waals surface area (Å²) in [6, 6.07) is 5.58. The van der Waals surface area contributed by atoms with Gasteiger partial charge < -0.3 is 4.90 Å². The van der Waals surface area contributed by atoms with E-state index >= 15 is 0 Å². The Morgan fingerprint density at radius 2 is 1.90 bits per heavy atom. The summed E-state index contributed by atoms with van der Waals surface area (Å²) < 4.78 is 0.958. The average Bonchev–Trinajstić information content (AvgIpc) is 2.43. The minimum absolute atomic E-state index is 0.412. The summed E-state index contributed by atoms with van der Waals surface area (Å²) in [5.74, 6) is 0. The molecular formula is C15H20BrClN2O. The quantitative estimate of drug-likeness (QED) is 0.753. The Bertz CT molecular complexity index is 473. The van der Waals surface area contributed by atoms with Gasteiger partial charge in [0.05, 0.1) is 0 Å². The standard InChI is InChI=1S/C15H20BrClN2O/c1-2-5-18-6-8-19(9-7-18)11-13-4-3-12(15(17)20)10-14(13)16/h3-4,10H,2,5-9,11H2,1H3. The summed E-state index contributed by atoms with van der Waals surface area (Å²) in [4.78, 5) is 16.1. The van der Waals surface area contributed by atoms with Crippen molar-refractivity contribution in [2.24, 2.45) is 0 Å². The van der Waals surface area contributed by atoms with Crippen LogP contribution in [0.15, 0.2) is 22.7 Å². The molecule has 1 fully saturated rings. The number of hydrogen-bond acceptors (Lipinski definition) is 3. The van der Waals surface area contributed by atoms with Crippen molar-refractivity contribution >= 4 is 32.8 Å². The van der Waals surface area contributed by atoms with E-state index in [9.17, 15) is 4.79 Å². The predicted octanol–water partition coefficient (Wildman–Crippen LogP) is 3.36. The Morgan fingerprint density at radius 3 is 2.45 bits per heavy atom. The molecule has 5 heteroatoms. The van der Waals surface area contributed by atoms with Crippen LogP contribution in [-0.2, 0) is 6.54 Å². The minimum atomic E-state index is -0.412. The number of rotatable bonds is 5. The zero-order valence-corrected chi connectivity index (χ0v) is 14.1. The van der Waals surface area contributed by atoms with Gasteiger partial charge in [-0.15, -0.1) is 0 Å². The zero-order valence-electron chi connectivity index (χ0n) is 11.7. The smallest absolute Gasteiger partial charge is 0.252 e.